The van der Waals surface area contributed by atoms with Crippen LogP contribution in [0.1, 0.15) is 20.7 Å². The van der Waals surface area contributed by atoms with E-state index in [-0.39, 0.29) is 11.1 Å². The molecule has 0 bridgehead atoms. The van der Waals surface area contributed by atoms with E-state index >= 15 is 0 Å². The molecule has 1 amide bonds. The molecule has 0 atom stereocenters. The number of aromatic carboxylic acids is 1. The number of nitrogens with one attached hydrogen (secondary N) is 1. The van der Waals surface area contributed by atoms with Gasteiger partial charge in [-0.2, -0.15) is 0 Å². The van der Waals surface area contributed by atoms with E-state index in [1.165, 1.54) is 36.4 Å². The number of hydrogen-bond acceptors (Lipinski definition) is 2. The molecule has 0 spiro atoms. The lowest BCUT2D eigenvalue weighted by molar-refractivity contribution is 0.0696. The quantitative estimate of drug-likeness (QED) is 0.900. The Balaban J connectivity index is 2.22. The highest BCUT2D eigenvalue weighted by atomic mass is 79.9. The summed E-state index contributed by atoms with van der Waals surface area (Å²) in [6.45, 7) is 0. The minimum absolute atomic E-state index is 0.0978. The average molecular weight is 338 g/mol. The fourth-order valence-corrected chi connectivity index (χ4v) is 2.05. The molecule has 0 fully saturated rings. The van der Waals surface area contributed by atoms with Gasteiger partial charge in [-0.05, 0) is 52.3 Å². The molecule has 0 saturated heterocycles. The monoisotopic (exact) mass is 337 g/mol. The van der Waals surface area contributed by atoms with Crippen LogP contribution in [-0.4, -0.2) is 17.0 Å². The van der Waals surface area contributed by atoms with Crippen molar-refractivity contribution in [2.75, 3.05) is 5.32 Å². The maximum absolute atomic E-state index is 13.0. The molecule has 0 saturated carbocycles. The molecule has 0 radical (unpaired) electrons. The Bertz CT molecular complexity index is 688. The first kappa shape index (κ1) is 14.2. The maximum atomic E-state index is 13.0. The van der Waals surface area contributed by atoms with Crippen LogP contribution in [0.5, 0.6) is 0 Å². The lowest BCUT2D eigenvalue weighted by Gasteiger charge is -2.08. The van der Waals surface area contributed by atoms with Crippen LogP contribution in [-0.2, 0) is 0 Å². The van der Waals surface area contributed by atoms with Crippen LogP contribution in [0, 0.1) is 5.82 Å². The minimum Gasteiger partial charge on any atom is -0.478 e. The molecule has 102 valence electrons. The second-order valence-electron chi connectivity index (χ2n) is 3.96. The molecule has 0 heterocycles. The third-order valence-corrected chi connectivity index (χ3v) is 3.21. The third kappa shape index (κ3) is 3.21. The molecule has 2 aromatic rings. The number of carboxylic acid groups (broad SMARTS) is 1. The number of halogens is 2. The molecule has 0 aromatic heterocycles. The van der Waals surface area contributed by atoms with E-state index in [1.807, 2.05) is 0 Å². The van der Waals surface area contributed by atoms with Crippen molar-refractivity contribution in [3.05, 3.63) is 63.9 Å². The minimum atomic E-state index is -1.06. The van der Waals surface area contributed by atoms with E-state index in [9.17, 15) is 14.0 Å². The fourth-order valence-electron chi connectivity index (χ4n) is 1.57. The lowest BCUT2D eigenvalue weighted by Crippen LogP contribution is -2.12. The Morgan fingerprint density at radius 2 is 1.85 bits per heavy atom. The fraction of sp³-hybridized carbons (Fsp3) is 0. The molecule has 0 unspecified atom stereocenters. The first-order valence-electron chi connectivity index (χ1n) is 5.57. The average Bonchev–Trinajstić information content (AvgIpc) is 2.40. The van der Waals surface area contributed by atoms with Gasteiger partial charge >= 0.3 is 5.97 Å². The Labute approximate surface area is 122 Å². The predicted molar refractivity (Wildman–Crippen MR) is 75.5 cm³/mol. The summed E-state index contributed by atoms with van der Waals surface area (Å²) in [5.41, 5.74) is 0.684. The first-order valence-corrected chi connectivity index (χ1v) is 6.36. The van der Waals surface area contributed by atoms with Gasteiger partial charge in [0.15, 0.2) is 0 Å². The lowest BCUT2D eigenvalue weighted by atomic mass is 10.2. The molecule has 2 aromatic carbocycles. The number of amides is 1. The first-order chi connectivity index (χ1) is 9.47. The van der Waals surface area contributed by atoms with E-state index in [4.69, 9.17) is 5.11 Å². The van der Waals surface area contributed by atoms with Gasteiger partial charge < -0.3 is 10.4 Å². The standard InChI is InChI=1S/C14H9BrFNO3/c15-11-7-9(14(19)20)4-5-12(11)17-13(18)8-2-1-3-10(16)6-8/h1-7H,(H,17,18)(H,19,20). The number of anilines is 1. The van der Waals surface area contributed by atoms with Crippen LogP contribution >= 0.6 is 15.9 Å². The molecule has 0 aliphatic heterocycles. The predicted octanol–water partition coefficient (Wildman–Crippen LogP) is 3.54. The normalized spacial score (nSPS) is 10.1. The Morgan fingerprint density at radius 3 is 2.45 bits per heavy atom. The molecule has 20 heavy (non-hydrogen) atoms. The summed E-state index contributed by atoms with van der Waals surface area (Å²) in [6.07, 6.45) is 0. The zero-order valence-corrected chi connectivity index (χ0v) is 11.6. The summed E-state index contributed by atoms with van der Waals surface area (Å²) in [5, 5.41) is 11.4. The zero-order valence-electron chi connectivity index (χ0n) is 10.1. The number of carbonyl (C=O) groups excluding carboxylic acids is 1. The van der Waals surface area contributed by atoms with E-state index in [0.29, 0.717) is 10.2 Å². The second kappa shape index (κ2) is 5.83. The Morgan fingerprint density at radius 1 is 1.10 bits per heavy atom. The molecule has 0 aliphatic rings. The second-order valence-corrected chi connectivity index (χ2v) is 4.82. The van der Waals surface area contributed by atoms with Crippen molar-refractivity contribution in [3.63, 3.8) is 0 Å². The molecular weight excluding hydrogens is 329 g/mol. The van der Waals surface area contributed by atoms with Crippen LogP contribution < -0.4 is 5.32 Å². The van der Waals surface area contributed by atoms with Gasteiger partial charge in [-0.3, -0.25) is 4.79 Å². The molecular formula is C14H9BrFNO3. The van der Waals surface area contributed by atoms with Gasteiger partial charge in [0.2, 0.25) is 0 Å². The number of carbonyl (C=O) groups is 2. The van der Waals surface area contributed by atoms with Gasteiger partial charge in [0.25, 0.3) is 5.91 Å². The van der Waals surface area contributed by atoms with E-state index in [2.05, 4.69) is 21.2 Å². The van der Waals surface area contributed by atoms with Crippen molar-refractivity contribution < 1.29 is 19.1 Å². The van der Waals surface area contributed by atoms with Gasteiger partial charge in [-0.25, -0.2) is 9.18 Å². The molecule has 2 N–H and O–H groups in total. The van der Waals surface area contributed by atoms with Crippen molar-refractivity contribution in [3.8, 4) is 0 Å². The highest BCUT2D eigenvalue weighted by molar-refractivity contribution is 9.10. The van der Waals surface area contributed by atoms with Crippen molar-refractivity contribution in [1.82, 2.24) is 0 Å². The molecule has 4 nitrogen and oxygen atoms in total. The number of rotatable bonds is 3. The van der Waals surface area contributed by atoms with Gasteiger partial charge in [0.1, 0.15) is 5.82 Å². The molecule has 0 aliphatic carbocycles. The SMILES string of the molecule is O=C(O)c1ccc(NC(=O)c2cccc(F)c2)c(Br)c1. The topological polar surface area (TPSA) is 66.4 Å². The summed E-state index contributed by atoms with van der Waals surface area (Å²) >= 11 is 3.18. The zero-order chi connectivity index (χ0) is 14.7. The van der Waals surface area contributed by atoms with Crippen molar-refractivity contribution >= 4 is 33.5 Å². The van der Waals surface area contributed by atoms with Gasteiger partial charge in [-0.1, -0.05) is 6.07 Å². The summed E-state index contributed by atoms with van der Waals surface area (Å²) in [6, 6.07) is 9.50. The van der Waals surface area contributed by atoms with E-state index in [0.717, 1.165) is 6.07 Å². The number of benzene rings is 2. The number of carboxylic acids is 1. The summed E-state index contributed by atoms with van der Waals surface area (Å²) < 4.78 is 13.5. The van der Waals surface area contributed by atoms with E-state index < -0.39 is 17.7 Å². The van der Waals surface area contributed by atoms with Crippen LogP contribution in [0.25, 0.3) is 0 Å². The number of hydrogen-bond donors (Lipinski definition) is 2. The van der Waals surface area contributed by atoms with Gasteiger partial charge in [-0.15, -0.1) is 0 Å². The van der Waals surface area contributed by atoms with Crippen LogP contribution in [0.3, 0.4) is 0 Å². The van der Waals surface area contributed by atoms with Crippen molar-refractivity contribution in [2.45, 2.75) is 0 Å². The third-order valence-electron chi connectivity index (χ3n) is 2.55. The van der Waals surface area contributed by atoms with Crippen LogP contribution in [0.15, 0.2) is 46.9 Å². The van der Waals surface area contributed by atoms with Gasteiger partial charge in [0, 0.05) is 10.0 Å². The Hall–Kier alpha value is -2.21. The molecule has 6 heteroatoms. The van der Waals surface area contributed by atoms with Crippen LogP contribution in [0.4, 0.5) is 10.1 Å². The highest BCUT2D eigenvalue weighted by Gasteiger charge is 2.11. The van der Waals surface area contributed by atoms with Crippen molar-refractivity contribution in [2.24, 2.45) is 0 Å². The summed E-state index contributed by atoms with van der Waals surface area (Å²) in [4.78, 5) is 22.7. The smallest absolute Gasteiger partial charge is 0.335 e. The summed E-state index contributed by atoms with van der Waals surface area (Å²) in [5.74, 6) is -2.04. The van der Waals surface area contributed by atoms with Crippen molar-refractivity contribution in [1.29, 1.82) is 0 Å². The highest BCUT2D eigenvalue weighted by Crippen LogP contribution is 2.24. The molecule has 2 rings (SSSR count). The van der Waals surface area contributed by atoms with Crippen LogP contribution in [0.2, 0.25) is 0 Å². The van der Waals surface area contributed by atoms with Gasteiger partial charge in [0.05, 0.1) is 11.3 Å². The maximum Gasteiger partial charge on any atom is 0.335 e. The largest absolute Gasteiger partial charge is 0.478 e. The Kier molecular flexibility index (Phi) is 4.14. The van der Waals surface area contributed by atoms with E-state index in [1.54, 1.807) is 0 Å². The summed E-state index contributed by atoms with van der Waals surface area (Å²) in [7, 11) is 0.